The van der Waals surface area contributed by atoms with Gasteiger partial charge in [-0.1, -0.05) is 24.2 Å². The number of aliphatic hydroxyl groups is 1. The number of phenolic OH excluding ortho intramolecular Hbond substituents is 1. The predicted molar refractivity (Wildman–Crippen MR) is 79.7 cm³/mol. The third-order valence-electron chi connectivity index (χ3n) is 3.70. The lowest BCUT2D eigenvalue weighted by molar-refractivity contribution is 0.116. The quantitative estimate of drug-likeness (QED) is 0.811. The van der Waals surface area contributed by atoms with Crippen LogP contribution in [-0.2, 0) is 0 Å². The maximum absolute atomic E-state index is 10.00. The Morgan fingerprint density at radius 2 is 2.15 bits per heavy atom. The van der Waals surface area contributed by atoms with E-state index < -0.39 is 0 Å². The Bertz CT molecular complexity index is 614. The second-order valence-corrected chi connectivity index (χ2v) is 6.15. The van der Waals surface area contributed by atoms with Gasteiger partial charge in [0.05, 0.1) is 24.0 Å². The molecule has 2 aromatic rings. The number of aromatic hydroxyl groups is 1. The Morgan fingerprint density at radius 3 is 2.90 bits per heavy atom. The Hall–Kier alpha value is -1.53. The molecule has 0 bridgehead atoms. The van der Waals surface area contributed by atoms with Gasteiger partial charge in [-0.15, -0.1) is 0 Å². The topological polar surface area (TPSA) is 74.6 Å². The van der Waals surface area contributed by atoms with E-state index in [0.29, 0.717) is 5.75 Å². The number of rotatable bonds is 3. The molecule has 1 aliphatic rings. The average Bonchev–Trinajstić information content (AvgIpc) is 2.82. The van der Waals surface area contributed by atoms with Gasteiger partial charge in [0.15, 0.2) is 5.13 Å². The predicted octanol–water partition coefficient (Wildman–Crippen LogP) is 2.73. The Kier molecular flexibility index (Phi) is 3.67. The van der Waals surface area contributed by atoms with Crippen LogP contribution in [0.25, 0.3) is 10.2 Å². The van der Waals surface area contributed by atoms with Crippen LogP contribution >= 0.6 is 11.3 Å². The summed E-state index contributed by atoms with van der Waals surface area (Å²) < 4.78 is 6.11. The lowest BCUT2D eigenvalue weighted by Crippen LogP contribution is -2.36. The summed E-state index contributed by atoms with van der Waals surface area (Å²) in [4.78, 5) is 4.51. The first-order valence-corrected chi connectivity index (χ1v) is 7.61. The number of aliphatic hydroxyl groups excluding tert-OH is 1. The number of aromatic nitrogens is 1. The van der Waals surface area contributed by atoms with Crippen molar-refractivity contribution in [2.24, 2.45) is 0 Å². The third-order valence-corrected chi connectivity index (χ3v) is 4.64. The molecule has 1 saturated carbocycles. The van der Waals surface area contributed by atoms with Crippen LogP contribution in [0.1, 0.15) is 25.7 Å². The van der Waals surface area contributed by atoms with Crippen molar-refractivity contribution in [3.05, 3.63) is 12.1 Å². The monoisotopic (exact) mass is 294 g/mol. The molecule has 0 radical (unpaired) electrons. The molecule has 1 aliphatic carbocycles. The van der Waals surface area contributed by atoms with E-state index in [-0.39, 0.29) is 17.9 Å². The number of nitrogens with zero attached hydrogens (tertiary/aromatic N) is 1. The minimum Gasteiger partial charge on any atom is -0.508 e. The highest BCUT2D eigenvalue weighted by molar-refractivity contribution is 7.22. The molecule has 1 aromatic carbocycles. The van der Waals surface area contributed by atoms with Crippen LogP contribution in [0, 0.1) is 0 Å². The number of hydrogen-bond donors (Lipinski definition) is 3. The molecule has 3 N–H and O–H groups in total. The van der Waals surface area contributed by atoms with Crippen LogP contribution in [0.2, 0.25) is 0 Å². The minimum atomic E-state index is -0.314. The molecule has 5 nitrogen and oxygen atoms in total. The summed E-state index contributed by atoms with van der Waals surface area (Å²) in [6.07, 6.45) is 3.70. The van der Waals surface area contributed by atoms with Gasteiger partial charge in [0.2, 0.25) is 0 Å². The molecule has 3 rings (SSSR count). The fourth-order valence-corrected chi connectivity index (χ4v) is 3.62. The molecule has 1 fully saturated rings. The highest BCUT2D eigenvalue weighted by Crippen LogP contribution is 2.36. The van der Waals surface area contributed by atoms with Crippen molar-refractivity contribution in [2.45, 2.75) is 37.8 Å². The number of ether oxygens (including phenoxy) is 1. The van der Waals surface area contributed by atoms with E-state index in [9.17, 15) is 10.2 Å². The van der Waals surface area contributed by atoms with Crippen molar-refractivity contribution in [3.63, 3.8) is 0 Å². The van der Waals surface area contributed by atoms with E-state index >= 15 is 0 Å². The molecule has 0 aliphatic heterocycles. The van der Waals surface area contributed by atoms with Crippen molar-refractivity contribution in [2.75, 3.05) is 12.4 Å². The maximum atomic E-state index is 10.00. The Labute approximate surface area is 121 Å². The van der Waals surface area contributed by atoms with Gasteiger partial charge in [-0.3, -0.25) is 0 Å². The molecule has 6 heteroatoms. The molecule has 0 saturated heterocycles. The van der Waals surface area contributed by atoms with Gasteiger partial charge >= 0.3 is 0 Å². The largest absolute Gasteiger partial charge is 0.508 e. The molecular weight excluding hydrogens is 276 g/mol. The minimum absolute atomic E-state index is 0.0592. The van der Waals surface area contributed by atoms with Gasteiger partial charge in [-0.25, -0.2) is 4.98 Å². The molecule has 1 unspecified atom stereocenters. The van der Waals surface area contributed by atoms with E-state index in [0.717, 1.165) is 41.0 Å². The second-order valence-electron chi connectivity index (χ2n) is 5.12. The fraction of sp³-hybridized carbons (Fsp3) is 0.500. The van der Waals surface area contributed by atoms with Crippen LogP contribution in [0.4, 0.5) is 5.13 Å². The first kappa shape index (κ1) is 13.5. The summed E-state index contributed by atoms with van der Waals surface area (Å²) in [7, 11) is 1.56. The van der Waals surface area contributed by atoms with Gasteiger partial charge in [-0.2, -0.15) is 0 Å². The highest BCUT2D eigenvalue weighted by Gasteiger charge is 2.24. The van der Waals surface area contributed by atoms with Crippen LogP contribution in [0.5, 0.6) is 11.5 Å². The molecule has 2 atom stereocenters. The molecule has 1 heterocycles. The van der Waals surface area contributed by atoms with Crippen molar-refractivity contribution >= 4 is 26.7 Å². The van der Waals surface area contributed by atoms with Crippen LogP contribution in [-0.4, -0.2) is 34.5 Å². The van der Waals surface area contributed by atoms with Crippen molar-refractivity contribution < 1.29 is 14.9 Å². The van der Waals surface area contributed by atoms with E-state index in [2.05, 4.69) is 10.3 Å². The molecule has 1 aromatic heterocycles. The Morgan fingerprint density at radius 1 is 1.35 bits per heavy atom. The maximum Gasteiger partial charge on any atom is 0.184 e. The summed E-state index contributed by atoms with van der Waals surface area (Å²) in [6, 6.07) is 3.29. The molecule has 20 heavy (non-hydrogen) atoms. The van der Waals surface area contributed by atoms with E-state index in [1.807, 2.05) is 0 Å². The van der Waals surface area contributed by atoms with Crippen molar-refractivity contribution in [1.29, 1.82) is 0 Å². The number of benzene rings is 1. The van der Waals surface area contributed by atoms with E-state index in [4.69, 9.17) is 4.74 Å². The van der Waals surface area contributed by atoms with Crippen molar-refractivity contribution in [1.82, 2.24) is 4.98 Å². The van der Waals surface area contributed by atoms with E-state index in [1.165, 1.54) is 11.3 Å². The number of nitrogens with one attached hydrogen (secondary N) is 1. The van der Waals surface area contributed by atoms with Gasteiger partial charge in [-0.05, 0) is 18.9 Å². The SMILES string of the molecule is COc1cc(O)cc2sc(NC3CCCC[C@@H]3O)nc12. The first-order valence-electron chi connectivity index (χ1n) is 6.79. The molecule has 108 valence electrons. The smallest absolute Gasteiger partial charge is 0.184 e. The molecule has 0 amide bonds. The summed E-state index contributed by atoms with van der Waals surface area (Å²) >= 11 is 1.46. The lowest BCUT2D eigenvalue weighted by atomic mass is 9.93. The lowest BCUT2D eigenvalue weighted by Gasteiger charge is -2.27. The first-order chi connectivity index (χ1) is 9.67. The summed E-state index contributed by atoms with van der Waals surface area (Å²) in [6.45, 7) is 0. The zero-order valence-electron chi connectivity index (χ0n) is 11.3. The van der Waals surface area contributed by atoms with Gasteiger partial charge in [0.1, 0.15) is 17.0 Å². The summed E-state index contributed by atoms with van der Waals surface area (Å²) in [5.41, 5.74) is 0.739. The standard InChI is InChI=1S/C14H18N2O3S/c1-19-11-6-8(17)7-12-13(11)16-14(20-12)15-9-4-2-3-5-10(9)18/h6-7,9-10,17-18H,2-5H2,1H3,(H,15,16)/t9?,10-/m0/s1. The fourth-order valence-electron chi connectivity index (χ4n) is 2.64. The third kappa shape index (κ3) is 2.53. The number of phenols is 1. The number of methoxy groups -OCH3 is 1. The zero-order chi connectivity index (χ0) is 14.1. The summed E-state index contributed by atoms with van der Waals surface area (Å²) in [5.74, 6) is 0.732. The van der Waals surface area contributed by atoms with Crippen LogP contribution in [0.15, 0.2) is 12.1 Å². The zero-order valence-corrected chi connectivity index (χ0v) is 12.1. The molecular formula is C14H18N2O3S. The Balaban J connectivity index is 1.89. The summed E-state index contributed by atoms with van der Waals surface area (Å²) in [5, 5.41) is 23.7. The number of thiazole rings is 1. The van der Waals surface area contributed by atoms with Crippen LogP contribution < -0.4 is 10.1 Å². The number of fused-ring (bicyclic) bond motifs is 1. The highest BCUT2D eigenvalue weighted by atomic mass is 32.1. The van der Waals surface area contributed by atoms with E-state index in [1.54, 1.807) is 19.2 Å². The normalized spacial score (nSPS) is 22.9. The molecule has 0 spiro atoms. The van der Waals surface area contributed by atoms with Crippen molar-refractivity contribution in [3.8, 4) is 11.5 Å². The van der Waals surface area contributed by atoms with Gasteiger partial charge < -0.3 is 20.3 Å². The van der Waals surface area contributed by atoms with Gasteiger partial charge in [0, 0.05) is 6.07 Å². The number of anilines is 1. The van der Waals surface area contributed by atoms with Crippen LogP contribution in [0.3, 0.4) is 0 Å². The second kappa shape index (κ2) is 5.46. The van der Waals surface area contributed by atoms with Gasteiger partial charge in [0.25, 0.3) is 0 Å². The average molecular weight is 294 g/mol. The number of hydrogen-bond acceptors (Lipinski definition) is 6.